The number of hydrogen-bond donors (Lipinski definition) is 4. The first-order valence-corrected chi connectivity index (χ1v) is 16.8. The van der Waals surface area contributed by atoms with E-state index in [0.29, 0.717) is 5.71 Å². The molecule has 4 aromatic carbocycles. The zero-order chi connectivity index (χ0) is 31.2. The van der Waals surface area contributed by atoms with Gasteiger partial charge in [-0.05, 0) is 79.1 Å². The Morgan fingerprint density at radius 3 is 2.04 bits per heavy atom. The van der Waals surface area contributed by atoms with E-state index in [2.05, 4.69) is 80.8 Å². The van der Waals surface area contributed by atoms with Crippen LogP contribution in [-0.2, 0) is 15.4 Å². The summed E-state index contributed by atoms with van der Waals surface area (Å²) >= 11 is 0. The van der Waals surface area contributed by atoms with E-state index in [1.807, 2.05) is 43.3 Å². The number of aromatic nitrogens is 2. The summed E-state index contributed by atoms with van der Waals surface area (Å²) in [5.41, 5.74) is 7.72. The Morgan fingerprint density at radius 2 is 1.47 bits per heavy atom. The lowest BCUT2D eigenvalue weighted by molar-refractivity contribution is 0.319. The summed E-state index contributed by atoms with van der Waals surface area (Å²) in [5.74, 6) is 0.296. The molecule has 2 unspecified atom stereocenters. The number of fused-ring (bicyclic) bond motifs is 2. The van der Waals surface area contributed by atoms with Crippen molar-refractivity contribution >= 4 is 37.5 Å². The third-order valence-electron chi connectivity index (χ3n) is 9.68. The zero-order valence-electron chi connectivity index (χ0n) is 25.3. The van der Waals surface area contributed by atoms with Crippen molar-refractivity contribution in [2.75, 3.05) is 6.54 Å². The first-order valence-electron chi connectivity index (χ1n) is 15.3. The monoisotopic (exact) mass is 616 g/mol. The minimum atomic E-state index is -3.71. The fourth-order valence-electron chi connectivity index (χ4n) is 6.96. The molecule has 0 spiro atoms. The topological polar surface area (TPSA) is 110 Å². The van der Waals surface area contributed by atoms with Gasteiger partial charge in [0.05, 0.1) is 10.6 Å². The first-order chi connectivity index (χ1) is 21.8. The van der Waals surface area contributed by atoms with Crippen molar-refractivity contribution in [3.8, 4) is 0 Å². The van der Waals surface area contributed by atoms with Crippen molar-refractivity contribution in [2.45, 2.75) is 42.9 Å². The predicted molar refractivity (Wildman–Crippen MR) is 180 cm³/mol. The molecule has 0 saturated heterocycles. The molecular formula is C37H36N4O3S. The van der Waals surface area contributed by atoms with Gasteiger partial charge in [-0.15, -0.1) is 0 Å². The Morgan fingerprint density at radius 1 is 0.889 bits per heavy atom. The van der Waals surface area contributed by atoms with Crippen molar-refractivity contribution in [3.63, 3.8) is 0 Å². The van der Waals surface area contributed by atoms with Gasteiger partial charge >= 0.3 is 0 Å². The lowest BCUT2D eigenvalue weighted by Crippen LogP contribution is -2.33. The quantitative estimate of drug-likeness (QED) is 0.0722. The molecule has 228 valence electrons. The standard InChI is InChI=1S/C37H36N4O3S/c1-24-11-17-29(18-12-24)45(43,44)40-23-37(27-15-13-26(14-16-27)25(2)41-42)20-28(37)19-32(33-21-38-35-9-5-3-7-30(33)35)34-22-39-36-10-6-4-8-31(34)36/h3-18,21-22,28,32,38-40,42H,19-20,23H2,1-2H3/b41-25-. The van der Waals surface area contributed by atoms with Gasteiger partial charge < -0.3 is 15.2 Å². The van der Waals surface area contributed by atoms with Crippen LogP contribution >= 0.6 is 0 Å². The van der Waals surface area contributed by atoms with Crippen molar-refractivity contribution in [2.24, 2.45) is 11.1 Å². The predicted octanol–water partition coefficient (Wildman–Crippen LogP) is 7.61. The van der Waals surface area contributed by atoms with Gasteiger partial charge in [0.25, 0.3) is 0 Å². The average Bonchev–Trinajstić information content (AvgIpc) is 3.37. The van der Waals surface area contributed by atoms with E-state index < -0.39 is 15.4 Å². The second-order valence-electron chi connectivity index (χ2n) is 12.3. The molecule has 8 heteroatoms. The van der Waals surface area contributed by atoms with Crippen molar-refractivity contribution < 1.29 is 13.6 Å². The molecule has 0 aliphatic heterocycles. The molecule has 0 bridgehead atoms. The summed E-state index contributed by atoms with van der Waals surface area (Å²) in [6.07, 6.45) is 5.95. The van der Waals surface area contributed by atoms with Crippen LogP contribution in [0.2, 0.25) is 0 Å². The maximum Gasteiger partial charge on any atom is 0.240 e. The zero-order valence-corrected chi connectivity index (χ0v) is 26.1. The summed E-state index contributed by atoms with van der Waals surface area (Å²) in [4.78, 5) is 7.23. The molecule has 1 aliphatic rings. The number of hydrogen-bond acceptors (Lipinski definition) is 4. The van der Waals surface area contributed by atoms with Crippen molar-refractivity contribution in [1.82, 2.24) is 14.7 Å². The fourth-order valence-corrected chi connectivity index (χ4v) is 8.07. The summed E-state index contributed by atoms with van der Waals surface area (Å²) in [5, 5.41) is 15.1. The number of aryl methyl sites for hydroxylation is 1. The van der Waals surface area contributed by atoms with Gasteiger partial charge in [-0.3, -0.25) is 0 Å². The van der Waals surface area contributed by atoms with Gasteiger partial charge in [0.1, 0.15) is 0 Å². The number of para-hydroxylation sites is 2. The highest BCUT2D eigenvalue weighted by molar-refractivity contribution is 7.89. The maximum absolute atomic E-state index is 13.5. The minimum absolute atomic E-state index is 0.0842. The van der Waals surface area contributed by atoms with Gasteiger partial charge in [0, 0.05) is 52.1 Å². The van der Waals surface area contributed by atoms with Crippen LogP contribution in [0.5, 0.6) is 0 Å². The van der Waals surface area contributed by atoms with E-state index in [-0.39, 0.29) is 23.3 Å². The van der Waals surface area contributed by atoms with Crippen LogP contribution in [0.3, 0.4) is 0 Å². The highest BCUT2D eigenvalue weighted by atomic mass is 32.2. The molecule has 2 atom stereocenters. The number of aromatic amines is 2. The summed E-state index contributed by atoms with van der Waals surface area (Å²) < 4.78 is 29.9. The van der Waals surface area contributed by atoms with Crippen LogP contribution in [0, 0.1) is 12.8 Å². The largest absolute Gasteiger partial charge is 0.411 e. The minimum Gasteiger partial charge on any atom is -0.411 e. The number of rotatable bonds is 10. The third-order valence-corrected chi connectivity index (χ3v) is 11.1. The third kappa shape index (κ3) is 5.34. The Kier molecular flexibility index (Phi) is 7.34. The van der Waals surface area contributed by atoms with Gasteiger partial charge in [0.15, 0.2) is 0 Å². The Balaban J connectivity index is 1.27. The highest BCUT2D eigenvalue weighted by Crippen LogP contribution is 2.59. The molecule has 7 rings (SSSR count). The Hall–Kier alpha value is -4.66. The maximum atomic E-state index is 13.5. The molecule has 6 aromatic rings. The highest BCUT2D eigenvalue weighted by Gasteiger charge is 2.56. The number of oxime groups is 1. The van der Waals surface area contributed by atoms with Crippen molar-refractivity contribution in [3.05, 3.63) is 137 Å². The van der Waals surface area contributed by atoms with Crippen LogP contribution in [0.25, 0.3) is 21.8 Å². The van der Waals surface area contributed by atoms with E-state index in [1.165, 1.54) is 21.9 Å². The van der Waals surface area contributed by atoms with Gasteiger partial charge in [-0.1, -0.05) is 83.5 Å². The number of nitrogens with one attached hydrogen (secondary N) is 3. The first kappa shape index (κ1) is 29.1. The second kappa shape index (κ2) is 11.4. The average molecular weight is 617 g/mol. The van der Waals surface area contributed by atoms with E-state index >= 15 is 0 Å². The SMILES string of the molecule is C/C(=N/O)c1ccc(C2(CNS(=O)(=O)c3ccc(C)cc3)CC2CC(c2c[nH]c3ccccc23)c2c[nH]c3ccccc23)cc1. The fraction of sp³-hybridized carbons (Fsp3) is 0.216. The molecule has 1 aliphatic carbocycles. The van der Waals surface area contributed by atoms with Crippen LogP contribution in [0.4, 0.5) is 0 Å². The van der Waals surface area contributed by atoms with Gasteiger partial charge in [-0.2, -0.15) is 0 Å². The number of nitrogens with zero attached hydrogens (tertiary/aromatic N) is 1. The summed E-state index contributed by atoms with van der Waals surface area (Å²) in [7, 11) is -3.71. The van der Waals surface area contributed by atoms with E-state index in [9.17, 15) is 13.6 Å². The molecule has 0 radical (unpaired) electrons. The Bertz CT molecular complexity index is 2050. The van der Waals surface area contributed by atoms with E-state index in [1.54, 1.807) is 19.1 Å². The molecule has 4 N–H and O–H groups in total. The molecule has 1 saturated carbocycles. The molecule has 7 nitrogen and oxygen atoms in total. The van der Waals surface area contributed by atoms with E-state index in [4.69, 9.17) is 0 Å². The van der Waals surface area contributed by atoms with Gasteiger partial charge in [-0.25, -0.2) is 13.1 Å². The molecule has 2 heterocycles. The van der Waals surface area contributed by atoms with Crippen LogP contribution < -0.4 is 4.72 Å². The Labute approximate surface area is 263 Å². The van der Waals surface area contributed by atoms with Crippen molar-refractivity contribution in [1.29, 1.82) is 0 Å². The lowest BCUT2D eigenvalue weighted by Gasteiger charge is -2.23. The van der Waals surface area contributed by atoms with Crippen LogP contribution in [-0.4, -0.2) is 35.8 Å². The molecule has 0 amide bonds. The number of sulfonamides is 1. The second-order valence-corrected chi connectivity index (χ2v) is 14.1. The molecule has 45 heavy (non-hydrogen) atoms. The van der Waals surface area contributed by atoms with E-state index in [0.717, 1.165) is 40.6 Å². The number of H-pyrrole nitrogens is 2. The number of benzene rings is 4. The smallest absolute Gasteiger partial charge is 0.240 e. The normalized spacial score (nSPS) is 18.6. The van der Waals surface area contributed by atoms with Gasteiger partial charge in [0.2, 0.25) is 10.0 Å². The van der Waals surface area contributed by atoms with Crippen LogP contribution in [0.1, 0.15) is 53.5 Å². The molecular weight excluding hydrogens is 580 g/mol. The summed E-state index contributed by atoms with van der Waals surface area (Å²) in [6.45, 7) is 3.99. The summed E-state index contributed by atoms with van der Waals surface area (Å²) in [6, 6.07) is 31.7. The van der Waals surface area contributed by atoms with Crippen LogP contribution in [0.15, 0.2) is 120 Å². The molecule has 2 aromatic heterocycles. The lowest BCUT2D eigenvalue weighted by atomic mass is 9.83. The molecule has 1 fully saturated rings.